The van der Waals surface area contributed by atoms with Crippen LogP contribution in [0.1, 0.15) is 20.1 Å². The fraction of sp³-hybridized carbons (Fsp3) is 0.538. The van der Waals surface area contributed by atoms with Crippen LogP contribution in [0.4, 0.5) is 0 Å². The van der Waals surface area contributed by atoms with Gasteiger partial charge < -0.3 is 15.4 Å². The molecule has 2 N–H and O–H groups in total. The molecule has 4 nitrogen and oxygen atoms in total. The van der Waals surface area contributed by atoms with Gasteiger partial charge in [0.05, 0.1) is 18.0 Å². The van der Waals surface area contributed by atoms with Crippen molar-refractivity contribution in [3.63, 3.8) is 0 Å². The summed E-state index contributed by atoms with van der Waals surface area (Å²) in [4.78, 5) is 16.9. The summed E-state index contributed by atoms with van der Waals surface area (Å²) in [7, 11) is 0. The minimum Gasteiger partial charge on any atom is -0.391 e. The first-order valence-corrected chi connectivity index (χ1v) is 8.92. The van der Waals surface area contributed by atoms with Gasteiger partial charge in [-0.05, 0) is 23.8 Å². The average molecular weight is 328 g/mol. The van der Waals surface area contributed by atoms with Crippen LogP contribution in [0, 0.1) is 0 Å². The third-order valence-corrected chi connectivity index (χ3v) is 6.01. The lowest BCUT2D eigenvalue weighted by Gasteiger charge is -2.32. The number of nitrogens with zero attached hydrogens (tertiary/aromatic N) is 1. The van der Waals surface area contributed by atoms with E-state index in [9.17, 15) is 4.79 Å². The number of thiocarbonyl (C=S) groups is 1. The Kier molecular flexibility index (Phi) is 4.30. The number of fused-ring (bicyclic) bond motifs is 1. The van der Waals surface area contributed by atoms with Gasteiger partial charge >= 0.3 is 0 Å². The van der Waals surface area contributed by atoms with Crippen LogP contribution in [0.3, 0.4) is 0 Å². The van der Waals surface area contributed by atoms with E-state index < -0.39 is 0 Å². The summed E-state index contributed by atoms with van der Waals surface area (Å²) in [6.45, 7) is 1.56. The van der Waals surface area contributed by atoms with Crippen molar-refractivity contribution in [2.45, 2.75) is 18.3 Å². The molecule has 1 unspecified atom stereocenters. The Hall–Kier alpha value is -0.630. The van der Waals surface area contributed by atoms with Gasteiger partial charge in [-0.1, -0.05) is 12.2 Å². The molecule has 1 aromatic rings. The number of ether oxygens (including phenoxy) is 1. The van der Waals surface area contributed by atoms with Crippen molar-refractivity contribution < 1.29 is 9.53 Å². The number of aryl methyl sites for hydroxylation is 1. The van der Waals surface area contributed by atoms with Gasteiger partial charge in [0, 0.05) is 17.2 Å². The fourth-order valence-corrected chi connectivity index (χ4v) is 4.90. The molecule has 1 aromatic heterocycles. The van der Waals surface area contributed by atoms with E-state index >= 15 is 0 Å². The zero-order valence-electron chi connectivity index (χ0n) is 11.0. The lowest BCUT2D eigenvalue weighted by Crippen LogP contribution is -2.49. The van der Waals surface area contributed by atoms with Crippen molar-refractivity contribution in [3.05, 3.63) is 21.4 Å². The van der Waals surface area contributed by atoms with Crippen molar-refractivity contribution in [1.29, 1.82) is 0 Å². The molecule has 1 fully saturated rings. The van der Waals surface area contributed by atoms with Gasteiger partial charge in [0.2, 0.25) is 0 Å². The largest absolute Gasteiger partial charge is 0.391 e. The van der Waals surface area contributed by atoms with E-state index in [4.69, 9.17) is 22.7 Å². The molecule has 0 aromatic carbocycles. The minimum atomic E-state index is -0.312. The monoisotopic (exact) mass is 328 g/mol. The maximum absolute atomic E-state index is 12.6. The summed E-state index contributed by atoms with van der Waals surface area (Å²) in [5.74, 6) is 2.26. The van der Waals surface area contributed by atoms with E-state index in [0.29, 0.717) is 24.7 Å². The molecule has 0 bridgehead atoms. The second-order valence-corrected chi connectivity index (χ2v) is 7.59. The van der Waals surface area contributed by atoms with Gasteiger partial charge in [0.1, 0.15) is 11.1 Å². The maximum Gasteiger partial charge on any atom is 0.264 e. The molecule has 0 aliphatic carbocycles. The zero-order chi connectivity index (χ0) is 14.1. The van der Waals surface area contributed by atoms with Crippen molar-refractivity contribution in [2.24, 2.45) is 5.73 Å². The van der Waals surface area contributed by atoms with Crippen LogP contribution in [-0.2, 0) is 16.9 Å². The van der Waals surface area contributed by atoms with Crippen molar-refractivity contribution >= 4 is 46.2 Å². The summed E-state index contributed by atoms with van der Waals surface area (Å²) in [5, 5.41) is 0. The molecule has 108 valence electrons. The second-order valence-electron chi connectivity index (χ2n) is 4.87. The van der Waals surface area contributed by atoms with Gasteiger partial charge in [0.25, 0.3) is 5.91 Å². The second kappa shape index (κ2) is 6.01. The normalized spacial score (nSPS) is 22.4. The standard InChI is InChI=1S/C13H16N2O2S3/c14-12(18)9-6-15(2-3-17-9)13(16)11-5-8-7-19-4-1-10(8)20-11/h5,9H,1-4,6-7H2,(H2,14,18). The Morgan fingerprint density at radius 1 is 1.55 bits per heavy atom. The highest BCUT2D eigenvalue weighted by Gasteiger charge is 2.28. The predicted molar refractivity (Wildman–Crippen MR) is 86.6 cm³/mol. The van der Waals surface area contributed by atoms with Gasteiger partial charge in [-0.2, -0.15) is 11.8 Å². The third-order valence-electron chi connectivity index (χ3n) is 3.51. The molecule has 7 heteroatoms. The quantitative estimate of drug-likeness (QED) is 0.837. The first-order chi connectivity index (χ1) is 9.65. The number of rotatable bonds is 2. The maximum atomic E-state index is 12.6. The molecule has 1 amide bonds. The van der Waals surface area contributed by atoms with E-state index in [1.54, 1.807) is 16.2 Å². The highest BCUT2D eigenvalue weighted by atomic mass is 32.2. The van der Waals surface area contributed by atoms with Crippen LogP contribution in [0.25, 0.3) is 0 Å². The Balaban J connectivity index is 1.75. The lowest BCUT2D eigenvalue weighted by molar-refractivity contribution is 0.00903. The summed E-state index contributed by atoms with van der Waals surface area (Å²) in [6.07, 6.45) is 0.768. The highest BCUT2D eigenvalue weighted by Crippen LogP contribution is 2.32. The van der Waals surface area contributed by atoms with Gasteiger partial charge in [-0.15, -0.1) is 11.3 Å². The fourth-order valence-electron chi connectivity index (χ4n) is 2.41. The Morgan fingerprint density at radius 3 is 3.15 bits per heavy atom. The van der Waals surface area contributed by atoms with E-state index in [-0.39, 0.29) is 12.0 Å². The SMILES string of the molecule is NC(=S)C1CN(C(=O)c2cc3c(s2)CCSC3)CCO1. The van der Waals surface area contributed by atoms with Crippen LogP contribution in [0.15, 0.2) is 6.07 Å². The van der Waals surface area contributed by atoms with E-state index in [1.165, 1.54) is 10.4 Å². The Bertz CT molecular complexity index is 520. The molecule has 1 atom stereocenters. The molecule has 0 spiro atoms. The highest BCUT2D eigenvalue weighted by molar-refractivity contribution is 7.98. The topological polar surface area (TPSA) is 55.6 Å². The molecule has 3 rings (SSSR count). The number of hydrogen-bond donors (Lipinski definition) is 1. The number of carbonyl (C=O) groups is 1. The van der Waals surface area contributed by atoms with Gasteiger partial charge in [0.15, 0.2) is 0 Å². The molecule has 3 heterocycles. The number of amides is 1. The van der Waals surface area contributed by atoms with Gasteiger partial charge in [-0.3, -0.25) is 4.79 Å². The third kappa shape index (κ3) is 2.86. The number of thioether (sulfide) groups is 1. The predicted octanol–water partition coefficient (Wildman–Crippen LogP) is 1.66. The molecule has 2 aliphatic rings. The van der Waals surface area contributed by atoms with Crippen molar-refractivity contribution in [3.8, 4) is 0 Å². The molecule has 20 heavy (non-hydrogen) atoms. The molecule has 2 aliphatic heterocycles. The summed E-state index contributed by atoms with van der Waals surface area (Å²) in [5.41, 5.74) is 6.94. The molecule has 0 radical (unpaired) electrons. The summed E-state index contributed by atoms with van der Waals surface area (Å²) in [6, 6.07) is 2.06. The number of thiophene rings is 1. The van der Waals surface area contributed by atoms with Crippen molar-refractivity contribution in [2.75, 3.05) is 25.4 Å². The van der Waals surface area contributed by atoms with Crippen LogP contribution in [-0.4, -0.2) is 47.3 Å². The number of hydrogen-bond acceptors (Lipinski definition) is 5. The molecular weight excluding hydrogens is 312 g/mol. The van der Waals surface area contributed by atoms with Crippen LogP contribution in [0.5, 0.6) is 0 Å². The smallest absolute Gasteiger partial charge is 0.264 e. The molecular formula is C13H16N2O2S3. The summed E-state index contributed by atoms with van der Waals surface area (Å²) >= 11 is 8.52. The van der Waals surface area contributed by atoms with Crippen LogP contribution < -0.4 is 5.73 Å². The van der Waals surface area contributed by atoms with Crippen LogP contribution >= 0.6 is 35.3 Å². The molecule has 1 saturated heterocycles. The number of morpholine rings is 1. The molecule has 0 saturated carbocycles. The number of carbonyl (C=O) groups excluding carboxylic acids is 1. The van der Waals surface area contributed by atoms with E-state index in [1.807, 2.05) is 11.8 Å². The Labute approximate surface area is 131 Å². The van der Waals surface area contributed by atoms with E-state index in [0.717, 1.165) is 22.8 Å². The Morgan fingerprint density at radius 2 is 2.40 bits per heavy atom. The van der Waals surface area contributed by atoms with Crippen LogP contribution in [0.2, 0.25) is 0 Å². The summed E-state index contributed by atoms with van der Waals surface area (Å²) < 4.78 is 5.48. The average Bonchev–Trinajstić information content (AvgIpc) is 2.90. The van der Waals surface area contributed by atoms with E-state index in [2.05, 4.69) is 6.07 Å². The number of nitrogens with two attached hydrogens (primary N) is 1. The zero-order valence-corrected chi connectivity index (χ0v) is 13.4. The van der Waals surface area contributed by atoms with Gasteiger partial charge in [-0.25, -0.2) is 0 Å². The minimum absolute atomic E-state index is 0.0824. The first kappa shape index (κ1) is 14.3. The lowest BCUT2D eigenvalue weighted by atomic mass is 10.2. The first-order valence-electron chi connectivity index (χ1n) is 6.54. The van der Waals surface area contributed by atoms with Crippen molar-refractivity contribution in [1.82, 2.24) is 4.90 Å².